The number of rotatable bonds is 3. The summed E-state index contributed by atoms with van der Waals surface area (Å²) in [5, 5.41) is 2.44. The lowest BCUT2D eigenvalue weighted by Crippen LogP contribution is -2.36. The third kappa shape index (κ3) is 5.33. The first-order valence-electron chi connectivity index (χ1n) is 7.94. The molecule has 0 bridgehead atoms. The zero-order valence-electron chi connectivity index (χ0n) is 14.8. The second kappa shape index (κ2) is 8.82. The van der Waals surface area contributed by atoms with Gasteiger partial charge in [0, 0.05) is 11.9 Å². The lowest BCUT2D eigenvalue weighted by atomic mass is 10.2. The minimum absolute atomic E-state index is 0.122. The van der Waals surface area contributed by atoms with Crippen LogP contribution < -0.4 is 0 Å². The fourth-order valence-corrected chi connectivity index (χ4v) is 3.24. The molecular formula is C17H26N2O4S. The molecule has 1 atom stereocenters. The maximum atomic E-state index is 12.3. The topological polar surface area (TPSA) is 68.7 Å². The molecule has 1 aromatic heterocycles. The number of carbonyl (C=O) groups excluding carboxylic acids is 2. The Morgan fingerprint density at radius 3 is 2.67 bits per heavy atom. The highest BCUT2D eigenvalue weighted by Crippen LogP contribution is 2.34. The molecule has 7 heteroatoms. The van der Waals surface area contributed by atoms with Crippen molar-refractivity contribution in [3.8, 4) is 0 Å². The first kappa shape index (κ1) is 20.2. The maximum absolute atomic E-state index is 12.3. The van der Waals surface area contributed by atoms with Gasteiger partial charge in [0.15, 0.2) is 5.69 Å². The Bertz CT molecular complexity index is 565. The van der Waals surface area contributed by atoms with Gasteiger partial charge < -0.3 is 9.47 Å². The highest BCUT2D eigenvalue weighted by atomic mass is 32.1. The Hall–Kier alpha value is -1.89. The third-order valence-electron chi connectivity index (χ3n) is 3.17. The van der Waals surface area contributed by atoms with Crippen LogP contribution in [0.25, 0.3) is 0 Å². The van der Waals surface area contributed by atoms with Gasteiger partial charge in [0.25, 0.3) is 0 Å². The van der Waals surface area contributed by atoms with Gasteiger partial charge in [0.2, 0.25) is 0 Å². The molecular weight excluding hydrogens is 328 g/mol. The smallest absolute Gasteiger partial charge is 0.410 e. The maximum Gasteiger partial charge on any atom is 0.410 e. The van der Waals surface area contributed by atoms with E-state index in [1.54, 1.807) is 17.2 Å². The largest absolute Gasteiger partial charge is 0.461 e. The minimum atomic E-state index is -0.525. The second-order valence-electron chi connectivity index (χ2n) is 6.12. The quantitative estimate of drug-likeness (QED) is 0.601. The summed E-state index contributed by atoms with van der Waals surface area (Å²) in [4.78, 5) is 30.0. The van der Waals surface area contributed by atoms with E-state index in [4.69, 9.17) is 9.47 Å². The van der Waals surface area contributed by atoms with Gasteiger partial charge in [0.1, 0.15) is 10.6 Å². The van der Waals surface area contributed by atoms with Crippen molar-refractivity contribution in [1.82, 2.24) is 9.88 Å². The first-order chi connectivity index (χ1) is 11.3. The van der Waals surface area contributed by atoms with Crippen LogP contribution in [0.1, 0.15) is 62.1 Å². The van der Waals surface area contributed by atoms with Crippen LogP contribution in [0.15, 0.2) is 18.5 Å². The Labute approximate surface area is 147 Å². The first-order valence-corrected chi connectivity index (χ1v) is 8.82. The van der Waals surface area contributed by atoms with Crippen LogP contribution in [-0.4, -0.2) is 40.7 Å². The molecule has 0 saturated carbocycles. The summed E-state index contributed by atoms with van der Waals surface area (Å²) in [5.74, 6) is -0.424. The SMILES string of the molecule is C=C.CCOC(=O)c1csc(C2CCCN2C(=O)OC(C)(C)C)n1. The summed E-state index contributed by atoms with van der Waals surface area (Å²) in [6.07, 6.45) is 1.40. The zero-order chi connectivity index (χ0) is 18.3. The molecule has 1 aromatic rings. The summed E-state index contributed by atoms with van der Waals surface area (Å²) in [6, 6.07) is -0.122. The number of esters is 1. The highest BCUT2D eigenvalue weighted by molar-refractivity contribution is 7.09. The van der Waals surface area contributed by atoms with Crippen molar-refractivity contribution >= 4 is 23.4 Å². The summed E-state index contributed by atoms with van der Waals surface area (Å²) in [6.45, 7) is 14.3. The molecule has 1 aliphatic rings. The average molecular weight is 354 g/mol. The average Bonchev–Trinajstić information content (AvgIpc) is 3.16. The Kier molecular flexibility index (Phi) is 7.41. The molecule has 1 amide bonds. The number of nitrogens with zero attached hydrogens (tertiary/aromatic N) is 2. The molecule has 0 aromatic carbocycles. The van der Waals surface area contributed by atoms with E-state index in [9.17, 15) is 9.59 Å². The molecule has 1 saturated heterocycles. The van der Waals surface area contributed by atoms with E-state index < -0.39 is 11.6 Å². The van der Waals surface area contributed by atoms with Gasteiger partial charge in [-0.05, 0) is 40.5 Å². The van der Waals surface area contributed by atoms with E-state index in [0.717, 1.165) is 17.8 Å². The molecule has 1 unspecified atom stereocenters. The highest BCUT2D eigenvalue weighted by Gasteiger charge is 2.35. The summed E-state index contributed by atoms with van der Waals surface area (Å²) in [7, 11) is 0. The van der Waals surface area contributed by atoms with E-state index in [1.165, 1.54) is 11.3 Å². The van der Waals surface area contributed by atoms with Crippen molar-refractivity contribution < 1.29 is 19.1 Å². The molecule has 134 valence electrons. The molecule has 24 heavy (non-hydrogen) atoms. The van der Waals surface area contributed by atoms with Crippen molar-refractivity contribution in [3.63, 3.8) is 0 Å². The zero-order valence-corrected chi connectivity index (χ0v) is 15.6. The van der Waals surface area contributed by atoms with Crippen molar-refractivity contribution in [1.29, 1.82) is 0 Å². The second-order valence-corrected chi connectivity index (χ2v) is 7.01. The number of hydrogen-bond acceptors (Lipinski definition) is 6. The monoisotopic (exact) mass is 354 g/mol. The van der Waals surface area contributed by atoms with E-state index in [1.807, 2.05) is 20.8 Å². The number of hydrogen-bond donors (Lipinski definition) is 0. The van der Waals surface area contributed by atoms with Crippen molar-refractivity contribution in [2.75, 3.05) is 13.2 Å². The predicted molar refractivity (Wildman–Crippen MR) is 94.2 cm³/mol. The number of thiazole rings is 1. The molecule has 0 aliphatic carbocycles. The normalized spacial score (nSPS) is 17.0. The standard InChI is InChI=1S/C15H22N2O4S.C2H4/c1-5-20-13(18)10-9-22-12(16-10)11-7-6-8-17(11)14(19)21-15(2,3)4;1-2/h9,11H,5-8H2,1-4H3;1-2H2. The van der Waals surface area contributed by atoms with E-state index in [0.29, 0.717) is 18.8 Å². The molecule has 2 rings (SSSR count). The summed E-state index contributed by atoms with van der Waals surface area (Å²) < 4.78 is 10.4. The van der Waals surface area contributed by atoms with Gasteiger partial charge in [-0.1, -0.05) is 0 Å². The van der Waals surface area contributed by atoms with Crippen LogP contribution in [0, 0.1) is 0 Å². The van der Waals surface area contributed by atoms with Crippen LogP contribution >= 0.6 is 11.3 Å². The molecule has 2 heterocycles. The molecule has 6 nitrogen and oxygen atoms in total. The molecule has 0 spiro atoms. The van der Waals surface area contributed by atoms with E-state index in [-0.39, 0.29) is 12.1 Å². The van der Waals surface area contributed by atoms with Gasteiger partial charge in [-0.3, -0.25) is 4.90 Å². The Balaban J connectivity index is 0.00000139. The number of ether oxygens (including phenoxy) is 2. The predicted octanol–water partition coefficient (Wildman–Crippen LogP) is 4.19. The number of carbonyl (C=O) groups is 2. The van der Waals surface area contributed by atoms with E-state index in [2.05, 4.69) is 18.1 Å². The third-order valence-corrected chi connectivity index (χ3v) is 4.12. The van der Waals surface area contributed by atoms with Crippen LogP contribution in [-0.2, 0) is 9.47 Å². The van der Waals surface area contributed by atoms with Crippen LogP contribution in [0.5, 0.6) is 0 Å². The molecule has 0 N–H and O–H groups in total. The van der Waals surface area contributed by atoms with Crippen LogP contribution in [0.2, 0.25) is 0 Å². The lowest BCUT2D eigenvalue weighted by Gasteiger charge is -2.27. The molecule has 1 fully saturated rings. The fourth-order valence-electron chi connectivity index (χ4n) is 2.30. The van der Waals surface area contributed by atoms with Gasteiger partial charge in [-0.25, -0.2) is 14.6 Å². The van der Waals surface area contributed by atoms with Gasteiger partial charge in [-0.15, -0.1) is 24.5 Å². The lowest BCUT2D eigenvalue weighted by molar-refractivity contribution is 0.0224. The number of likely N-dealkylation sites (tertiary alicyclic amines) is 1. The van der Waals surface area contributed by atoms with Gasteiger partial charge in [-0.2, -0.15) is 0 Å². The molecule has 0 radical (unpaired) electrons. The fraction of sp³-hybridized carbons (Fsp3) is 0.588. The van der Waals surface area contributed by atoms with Crippen molar-refractivity contribution in [2.45, 2.75) is 52.2 Å². The van der Waals surface area contributed by atoms with Crippen molar-refractivity contribution in [3.05, 3.63) is 29.2 Å². The van der Waals surface area contributed by atoms with Crippen LogP contribution in [0.4, 0.5) is 4.79 Å². The number of aromatic nitrogens is 1. The van der Waals surface area contributed by atoms with E-state index >= 15 is 0 Å². The van der Waals surface area contributed by atoms with Crippen molar-refractivity contribution in [2.24, 2.45) is 0 Å². The van der Waals surface area contributed by atoms with Gasteiger partial charge >= 0.3 is 12.1 Å². The van der Waals surface area contributed by atoms with Crippen LogP contribution in [0.3, 0.4) is 0 Å². The summed E-state index contributed by atoms with van der Waals surface area (Å²) in [5.41, 5.74) is -0.221. The Morgan fingerprint density at radius 1 is 1.42 bits per heavy atom. The Morgan fingerprint density at radius 2 is 2.08 bits per heavy atom. The summed E-state index contributed by atoms with van der Waals surface area (Å²) >= 11 is 1.38. The molecule has 1 aliphatic heterocycles. The van der Waals surface area contributed by atoms with Gasteiger partial charge in [0.05, 0.1) is 12.6 Å². The minimum Gasteiger partial charge on any atom is -0.461 e. The number of amides is 1.